The maximum Gasteiger partial charge on any atom is 0.407 e. The van der Waals surface area contributed by atoms with Crippen LogP contribution in [0.5, 0.6) is 0 Å². The number of imidazole rings is 1. The van der Waals surface area contributed by atoms with Gasteiger partial charge in [-0.15, -0.1) is 0 Å². The molecule has 260 valence electrons. The van der Waals surface area contributed by atoms with Gasteiger partial charge >= 0.3 is 6.09 Å². The number of nitrogens with one attached hydrogen (secondary N) is 3. The smallest absolute Gasteiger partial charge is 0.407 e. The third kappa shape index (κ3) is 7.61. The average Bonchev–Trinajstić information content (AvgIpc) is 3.79. The minimum absolute atomic E-state index is 0.0138. The van der Waals surface area contributed by atoms with E-state index in [0.717, 1.165) is 11.1 Å². The number of alkyl carbamates (subject to hydrolysis) is 1. The number of hydrogen-bond acceptors (Lipinski definition) is 11. The fraction of sp³-hybridized carbons (Fsp3) is 0.457. The number of nitrogens with zero attached hydrogens (tertiary/aromatic N) is 5. The maximum absolute atomic E-state index is 12.6. The summed E-state index contributed by atoms with van der Waals surface area (Å²) in [6.45, 7) is 9.04. The Morgan fingerprint density at radius 1 is 1.02 bits per heavy atom. The summed E-state index contributed by atoms with van der Waals surface area (Å²) in [6.07, 6.45) is -3.65. The van der Waals surface area contributed by atoms with E-state index in [1.54, 1.807) is 6.92 Å². The van der Waals surface area contributed by atoms with E-state index in [9.17, 15) is 19.8 Å². The Morgan fingerprint density at radius 2 is 1.69 bits per heavy atom. The number of anilines is 2. The van der Waals surface area contributed by atoms with Gasteiger partial charge in [0.2, 0.25) is 5.95 Å². The molecule has 6 rings (SSSR count). The third-order valence-corrected chi connectivity index (χ3v) is 8.60. The van der Waals surface area contributed by atoms with Gasteiger partial charge in [-0.1, -0.05) is 60.7 Å². The highest BCUT2D eigenvalue weighted by atomic mass is 16.6. The standard InChI is InChI=1S/C35H44N8O6/c1-5-36-31(46)28-26(44)27(45)32(48-28)43-20-38-25-29(37-18-24(21-12-8-6-9-13-21)22-14-10-7-11-15-22)40-33(41-30(25)43)42-17-16-23(19-42)39-34(47)49-35(2,3)4/h6-15,20,23-24,26-28,32,44-45H,5,16-19H2,1-4H3,(H,36,46)(H,39,47)(H,37,40,41)/t23-,26+,27-,28+,32-/m1/s1. The molecule has 4 heterocycles. The Labute approximate surface area is 284 Å². The van der Waals surface area contributed by atoms with Gasteiger partial charge in [-0.25, -0.2) is 9.78 Å². The molecular formula is C35H44N8O6. The molecule has 5 N–H and O–H groups in total. The van der Waals surface area contributed by atoms with E-state index in [-0.39, 0.29) is 12.0 Å². The van der Waals surface area contributed by atoms with Crippen molar-refractivity contribution in [3.05, 3.63) is 78.1 Å². The topological polar surface area (TPSA) is 176 Å². The van der Waals surface area contributed by atoms with Crippen LogP contribution in [0.25, 0.3) is 11.2 Å². The summed E-state index contributed by atoms with van der Waals surface area (Å²) in [4.78, 5) is 41.5. The summed E-state index contributed by atoms with van der Waals surface area (Å²) < 4.78 is 12.9. The minimum Gasteiger partial charge on any atom is -0.444 e. The number of rotatable bonds is 10. The summed E-state index contributed by atoms with van der Waals surface area (Å²) in [5, 5.41) is 30.9. The first-order chi connectivity index (χ1) is 23.5. The van der Waals surface area contributed by atoms with Gasteiger partial charge < -0.3 is 40.5 Å². The van der Waals surface area contributed by atoms with Gasteiger partial charge in [0.05, 0.1) is 12.4 Å². The van der Waals surface area contributed by atoms with Gasteiger partial charge in [-0.3, -0.25) is 9.36 Å². The van der Waals surface area contributed by atoms with E-state index in [1.807, 2.05) is 62.1 Å². The van der Waals surface area contributed by atoms with Gasteiger partial charge in [0.15, 0.2) is 29.3 Å². The van der Waals surface area contributed by atoms with Crippen LogP contribution in [0.1, 0.15) is 57.4 Å². The lowest BCUT2D eigenvalue weighted by Crippen LogP contribution is -2.42. The molecule has 2 aliphatic rings. The van der Waals surface area contributed by atoms with Crippen molar-refractivity contribution >= 4 is 34.9 Å². The second-order valence-corrected chi connectivity index (χ2v) is 13.4. The van der Waals surface area contributed by atoms with Crippen molar-refractivity contribution in [3.8, 4) is 0 Å². The SMILES string of the molecule is CCNC(=O)[C@H]1O[C@@H](n2cnc3c(NCC(c4ccccc4)c4ccccc4)nc(N4CC[C@@H](NC(=O)OC(C)(C)C)C4)nc32)[C@H](O)[C@@H]1O. The van der Waals surface area contributed by atoms with Crippen LogP contribution >= 0.6 is 0 Å². The lowest BCUT2D eigenvalue weighted by atomic mass is 9.91. The van der Waals surface area contributed by atoms with Crippen LogP contribution in [0.2, 0.25) is 0 Å². The Balaban J connectivity index is 1.33. The van der Waals surface area contributed by atoms with E-state index >= 15 is 0 Å². The van der Waals surface area contributed by atoms with E-state index in [4.69, 9.17) is 19.4 Å². The molecule has 0 bridgehead atoms. The number of aliphatic hydroxyl groups excluding tert-OH is 2. The molecule has 14 nitrogen and oxygen atoms in total. The Kier molecular flexibility index (Phi) is 9.99. The van der Waals surface area contributed by atoms with Crippen LogP contribution in [0.4, 0.5) is 16.6 Å². The zero-order valence-electron chi connectivity index (χ0n) is 28.1. The molecular weight excluding hydrogens is 628 g/mol. The van der Waals surface area contributed by atoms with Gasteiger partial charge in [0.25, 0.3) is 5.91 Å². The molecule has 0 spiro atoms. The number of aliphatic hydroxyl groups is 2. The molecule has 5 atom stereocenters. The number of ether oxygens (including phenoxy) is 2. The molecule has 2 fully saturated rings. The number of carbonyl (C=O) groups excluding carboxylic acids is 2. The van der Waals surface area contributed by atoms with Crippen LogP contribution in [-0.4, -0.2) is 97.9 Å². The molecule has 0 aliphatic carbocycles. The number of likely N-dealkylation sites (N-methyl/N-ethyl adjacent to an activating group) is 1. The molecule has 4 aromatic rings. The molecule has 2 aromatic carbocycles. The van der Waals surface area contributed by atoms with Crippen molar-refractivity contribution in [3.63, 3.8) is 0 Å². The monoisotopic (exact) mass is 672 g/mol. The fourth-order valence-corrected chi connectivity index (χ4v) is 6.27. The fourth-order valence-electron chi connectivity index (χ4n) is 6.27. The first kappa shape index (κ1) is 34.1. The second kappa shape index (κ2) is 14.4. The zero-order chi connectivity index (χ0) is 34.7. The van der Waals surface area contributed by atoms with Crippen LogP contribution in [0, 0.1) is 0 Å². The van der Waals surface area contributed by atoms with Gasteiger partial charge in [0.1, 0.15) is 17.8 Å². The predicted octanol–water partition coefficient (Wildman–Crippen LogP) is 2.93. The Bertz CT molecular complexity index is 1710. The number of fused-ring (bicyclic) bond motifs is 1. The molecule has 2 aromatic heterocycles. The summed E-state index contributed by atoms with van der Waals surface area (Å²) in [7, 11) is 0. The van der Waals surface area contributed by atoms with Crippen molar-refractivity contribution in [2.45, 2.75) is 76.2 Å². The van der Waals surface area contributed by atoms with Gasteiger partial charge in [-0.05, 0) is 45.2 Å². The van der Waals surface area contributed by atoms with Crippen molar-refractivity contribution in [2.24, 2.45) is 0 Å². The van der Waals surface area contributed by atoms with Crippen molar-refractivity contribution in [1.29, 1.82) is 0 Å². The Hall–Kier alpha value is -4.79. The number of amides is 2. The molecule has 2 aliphatic heterocycles. The quantitative estimate of drug-likeness (QED) is 0.168. The molecule has 2 saturated heterocycles. The number of aromatic nitrogens is 4. The molecule has 14 heteroatoms. The van der Waals surface area contributed by atoms with Crippen LogP contribution in [-0.2, 0) is 14.3 Å². The highest BCUT2D eigenvalue weighted by molar-refractivity contribution is 5.85. The molecule has 49 heavy (non-hydrogen) atoms. The lowest BCUT2D eigenvalue weighted by Gasteiger charge is -2.23. The average molecular weight is 673 g/mol. The predicted molar refractivity (Wildman–Crippen MR) is 183 cm³/mol. The van der Waals surface area contributed by atoms with Crippen LogP contribution in [0.15, 0.2) is 67.0 Å². The Morgan fingerprint density at radius 3 is 2.33 bits per heavy atom. The number of hydrogen-bond donors (Lipinski definition) is 5. The highest BCUT2D eigenvalue weighted by Gasteiger charge is 2.47. The minimum atomic E-state index is -1.45. The first-order valence-corrected chi connectivity index (χ1v) is 16.6. The highest BCUT2D eigenvalue weighted by Crippen LogP contribution is 2.34. The van der Waals surface area contributed by atoms with E-state index in [2.05, 4.69) is 45.2 Å². The number of carbonyl (C=O) groups is 2. The lowest BCUT2D eigenvalue weighted by molar-refractivity contribution is -0.137. The van der Waals surface area contributed by atoms with E-state index in [1.165, 1.54) is 10.9 Å². The molecule has 0 saturated carbocycles. The second-order valence-electron chi connectivity index (χ2n) is 13.4. The largest absolute Gasteiger partial charge is 0.444 e. The maximum atomic E-state index is 12.6. The first-order valence-electron chi connectivity index (χ1n) is 16.6. The summed E-state index contributed by atoms with van der Waals surface area (Å²) in [5.41, 5.74) is 2.41. The molecule has 0 radical (unpaired) electrons. The van der Waals surface area contributed by atoms with Crippen molar-refractivity contribution < 1.29 is 29.3 Å². The molecule has 2 amide bonds. The van der Waals surface area contributed by atoms with Crippen molar-refractivity contribution in [1.82, 2.24) is 30.2 Å². The zero-order valence-corrected chi connectivity index (χ0v) is 28.1. The summed E-state index contributed by atoms with van der Waals surface area (Å²) >= 11 is 0. The van der Waals surface area contributed by atoms with Crippen molar-refractivity contribution in [2.75, 3.05) is 36.4 Å². The van der Waals surface area contributed by atoms with Crippen LogP contribution < -0.4 is 20.9 Å². The van der Waals surface area contributed by atoms with E-state index < -0.39 is 42.1 Å². The molecule has 0 unspecified atom stereocenters. The third-order valence-electron chi connectivity index (χ3n) is 8.60. The van der Waals surface area contributed by atoms with E-state index in [0.29, 0.717) is 55.5 Å². The van der Waals surface area contributed by atoms with Gasteiger partial charge in [0, 0.05) is 32.1 Å². The van der Waals surface area contributed by atoms with Crippen LogP contribution in [0.3, 0.4) is 0 Å². The number of benzene rings is 2. The normalized spacial score (nSPS) is 22.4. The summed E-state index contributed by atoms with van der Waals surface area (Å²) in [5.74, 6) is 0.314. The van der Waals surface area contributed by atoms with Gasteiger partial charge in [-0.2, -0.15) is 9.97 Å². The summed E-state index contributed by atoms with van der Waals surface area (Å²) in [6, 6.07) is 20.2.